The second kappa shape index (κ2) is 6.25. The monoisotopic (exact) mass is 293 g/mol. The Morgan fingerprint density at radius 2 is 2.00 bits per heavy atom. The average Bonchev–Trinajstić information content (AvgIpc) is 2.94. The lowest BCUT2D eigenvalue weighted by molar-refractivity contribution is -0.139. The van der Waals surface area contributed by atoms with Crippen molar-refractivity contribution in [3.05, 3.63) is 47.2 Å². The van der Waals surface area contributed by atoms with E-state index in [1.165, 1.54) is 13.2 Å². The highest BCUT2D eigenvalue weighted by molar-refractivity contribution is 6.33. The number of benzene rings is 1. The number of esters is 1. The van der Waals surface area contributed by atoms with Crippen LogP contribution in [-0.4, -0.2) is 25.5 Å². The summed E-state index contributed by atoms with van der Waals surface area (Å²) < 4.78 is 9.85. The average molecular weight is 294 g/mol. The lowest BCUT2D eigenvalue weighted by Gasteiger charge is -2.02. The fourth-order valence-electron chi connectivity index (χ4n) is 1.58. The molecule has 0 aliphatic heterocycles. The predicted molar refractivity (Wildman–Crippen MR) is 73.5 cm³/mol. The molecule has 2 aromatic rings. The van der Waals surface area contributed by atoms with E-state index in [0.717, 1.165) is 0 Å². The summed E-state index contributed by atoms with van der Waals surface area (Å²) in [5.41, 5.74) is 0.696. The summed E-state index contributed by atoms with van der Waals surface area (Å²) in [5.74, 6) is -0.437. The zero-order chi connectivity index (χ0) is 14.5. The minimum atomic E-state index is -0.531. The normalized spacial score (nSPS) is 10.1. The van der Waals surface area contributed by atoms with Crippen LogP contribution >= 0.6 is 11.6 Å². The summed E-state index contributed by atoms with van der Waals surface area (Å²) in [6, 6.07) is 10.3. The molecule has 1 amide bonds. The van der Waals surface area contributed by atoms with Gasteiger partial charge in [-0.1, -0.05) is 23.7 Å². The molecule has 0 unspecified atom stereocenters. The van der Waals surface area contributed by atoms with Crippen LogP contribution in [0.25, 0.3) is 11.3 Å². The molecule has 0 spiro atoms. The standard InChI is InChI=1S/C14H12ClNO4/c1-19-13(17)8-16-14(18)12-7-6-11(20-12)9-4-2-3-5-10(9)15/h2-7H,8H2,1H3,(H,16,18). The van der Waals surface area contributed by atoms with Gasteiger partial charge in [0.15, 0.2) is 5.76 Å². The van der Waals surface area contributed by atoms with Crippen LogP contribution in [0.15, 0.2) is 40.8 Å². The summed E-state index contributed by atoms with van der Waals surface area (Å²) in [5, 5.41) is 2.92. The molecule has 0 atom stereocenters. The molecule has 6 heteroatoms. The van der Waals surface area contributed by atoms with Crippen LogP contribution in [-0.2, 0) is 9.53 Å². The van der Waals surface area contributed by atoms with E-state index < -0.39 is 11.9 Å². The summed E-state index contributed by atoms with van der Waals surface area (Å²) in [4.78, 5) is 22.7. The number of halogens is 1. The van der Waals surface area contributed by atoms with Crippen molar-refractivity contribution in [3.63, 3.8) is 0 Å². The Bertz CT molecular complexity index is 636. The van der Waals surface area contributed by atoms with Crippen LogP contribution in [0.2, 0.25) is 5.02 Å². The quantitative estimate of drug-likeness (QED) is 0.880. The molecule has 104 valence electrons. The van der Waals surface area contributed by atoms with Crippen molar-refractivity contribution in [2.75, 3.05) is 13.7 Å². The number of methoxy groups -OCH3 is 1. The molecule has 0 fully saturated rings. The van der Waals surface area contributed by atoms with Gasteiger partial charge in [0.2, 0.25) is 0 Å². The molecule has 0 aliphatic carbocycles. The first-order valence-electron chi connectivity index (χ1n) is 5.81. The van der Waals surface area contributed by atoms with Crippen LogP contribution in [0, 0.1) is 0 Å². The number of nitrogens with one attached hydrogen (secondary N) is 1. The topological polar surface area (TPSA) is 68.5 Å². The first kappa shape index (κ1) is 14.1. The van der Waals surface area contributed by atoms with Gasteiger partial charge in [0.05, 0.1) is 12.1 Å². The van der Waals surface area contributed by atoms with E-state index in [-0.39, 0.29) is 12.3 Å². The smallest absolute Gasteiger partial charge is 0.325 e. The molecule has 1 N–H and O–H groups in total. The Hall–Kier alpha value is -2.27. The Morgan fingerprint density at radius 1 is 1.25 bits per heavy atom. The van der Waals surface area contributed by atoms with Crippen molar-refractivity contribution in [1.82, 2.24) is 5.32 Å². The number of hydrogen-bond acceptors (Lipinski definition) is 4. The minimum absolute atomic E-state index is 0.101. The molecule has 1 aromatic heterocycles. The highest BCUT2D eigenvalue weighted by atomic mass is 35.5. The Balaban J connectivity index is 2.11. The van der Waals surface area contributed by atoms with Crippen molar-refractivity contribution in [1.29, 1.82) is 0 Å². The van der Waals surface area contributed by atoms with Gasteiger partial charge >= 0.3 is 5.97 Å². The van der Waals surface area contributed by atoms with Gasteiger partial charge in [-0.25, -0.2) is 0 Å². The van der Waals surface area contributed by atoms with Crippen LogP contribution in [0.1, 0.15) is 10.6 Å². The molecule has 0 bridgehead atoms. The van der Waals surface area contributed by atoms with Gasteiger partial charge in [0, 0.05) is 5.56 Å². The van der Waals surface area contributed by atoms with Gasteiger partial charge < -0.3 is 14.5 Å². The second-order valence-corrected chi connectivity index (χ2v) is 4.31. The van der Waals surface area contributed by atoms with E-state index >= 15 is 0 Å². The summed E-state index contributed by atoms with van der Waals surface area (Å²) in [7, 11) is 1.25. The van der Waals surface area contributed by atoms with Crippen LogP contribution in [0.5, 0.6) is 0 Å². The Morgan fingerprint density at radius 3 is 2.70 bits per heavy atom. The fraction of sp³-hybridized carbons (Fsp3) is 0.143. The van der Waals surface area contributed by atoms with Gasteiger partial charge in [-0.2, -0.15) is 0 Å². The van der Waals surface area contributed by atoms with Crippen LogP contribution in [0.4, 0.5) is 0 Å². The third kappa shape index (κ3) is 3.19. The number of ether oxygens (including phenoxy) is 1. The number of rotatable bonds is 4. The van der Waals surface area contributed by atoms with Gasteiger partial charge in [-0.15, -0.1) is 0 Å². The van der Waals surface area contributed by atoms with Gasteiger partial charge in [0.1, 0.15) is 12.3 Å². The van der Waals surface area contributed by atoms with Crippen molar-refractivity contribution in [2.24, 2.45) is 0 Å². The highest BCUT2D eigenvalue weighted by Crippen LogP contribution is 2.28. The molecular formula is C14H12ClNO4. The molecule has 1 aromatic carbocycles. The fourth-order valence-corrected chi connectivity index (χ4v) is 1.81. The molecule has 1 heterocycles. The van der Waals surface area contributed by atoms with E-state index in [9.17, 15) is 9.59 Å². The first-order chi connectivity index (χ1) is 9.61. The molecule has 5 nitrogen and oxygen atoms in total. The van der Waals surface area contributed by atoms with Gasteiger partial charge in [-0.05, 0) is 24.3 Å². The third-order valence-electron chi connectivity index (χ3n) is 2.59. The molecule has 0 saturated heterocycles. The summed E-state index contributed by atoms with van der Waals surface area (Å²) in [6.07, 6.45) is 0. The molecule has 0 aliphatic rings. The zero-order valence-corrected chi connectivity index (χ0v) is 11.4. The highest BCUT2D eigenvalue weighted by Gasteiger charge is 2.14. The van der Waals surface area contributed by atoms with E-state index in [1.807, 2.05) is 6.07 Å². The number of hydrogen-bond donors (Lipinski definition) is 1. The summed E-state index contributed by atoms with van der Waals surface area (Å²) >= 11 is 6.05. The Labute approximate surface area is 120 Å². The lowest BCUT2D eigenvalue weighted by atomic mass is 10.2. The lowest BCUT2D eigenvalue weighted by Crippen LogP contribution is -2.29. The van der Waals surface area contributed by atoms with E-state index in [1.54, 1.807) is 24.3 Å². The third-order valence-corrected chi connectivity index (χ3v) is 2.92. The minimum Gasteiger partial charge on any atom is -0.468 e. The van der Waals surface area contributed by atoms with Gasteiger partial charge in [-0.3, -0.25) is 9.59 Å². The number of amides is 1. The first-order valence-corrected chi connectivity index (χ1v) is 6.19. The maximum atomic E-state index is 11.7. The predicted octanol–water partition coefficient (Wildman–Crippen LogP) is 2.50. The Kier molecular flexibility index (Phi) is 4.42. The SMILES string of the molecule is COC(=O)CNC(=O)c1ccc(-c2ccccc2Cl)o1. The molecule has 20 heavy (non-hydrogen) atoms. The second-order valence-electron chi connectivity index (χ2n) is 3.90. The maximum Gasteiger partial charge on any atom is 0.325 e. The van der Waals surface area contributed by atoms with Crippen molar-refractivity contribution in [3.8, 4) is 11.3 Å². The molecular weight excluding hydrogens is 282 g/mol. The molecule has 2 rings (SSSR count). The van der Waals surface area contributed by atoms with Crippen molar-refractivity contribution >= 4 is 23.5 Å². The largest absolute Gasteiger partial charge is 0.468 e. The van der Waals surface area contributed by atoms with E-state index in [2.05, 4.69) is 10.1 Å². The van der Waals surface area contributed by atoms with Gasteiger partial charge in [0.25, 0.3) is 5.91 Å². The number of carbonyl (C=O) groups excluding carboxylic acids is 2. The zero-order valence-electron chi connectivity index (χ0n) is 10.7. The van der Waals surface area contributed by atoms with Crippen molar-refractivity contribution < 1.29 is 18.7 Å². The van der Waals surface area contributed by atoms with Crippen LogP contribution < -0.4 is 5.32 Å². The summed E-state index contributed by atoms with van der Waals surface area (Å²) in [6.45, 7) is -0.211. The van der Waals surface area contributed by atoms with Crippen LogP contribution in [0.3, 0.4) is 0 Å². The maximum absolute atomic E-state index is 11.7. The van der Waals surface area contributed by atoms with Crippen molar-refractivity contribution in [2.45, 2.75) is 0 Å². The van der Waals surface area contributed by atoms with E-state index in [0.29, 0.717) is 16.3 Å². The molecule has 0 saturated carbocycles. The van der Waals surface area contributed by atoms with E-state index in [4.69, 9.17) is 16.0 Å². The number of furan rings is 1. The molecule has 0 radical (unpaired) electrons. The number of carbonyl (C=O) groups is 2.